The SMILES string of the molecule is O=C(N[C@H]1c2ccccc2C2(CCN(C(=O)CC3CCCCC3)CC2)[C@@H]1O)c1cccnc1. The number of nitrogens with zero attached hydrogens (tertiary/aromatic N) is 2. The van der Waals surface area contributed by atoms with Crippen LogP contribution in [0, 0.1) is 5.92 Å². The van der Waals surface area contributed by atoms with Crippen molar-refractivity contribution in [3.05, 3.63) is 65.5 Å². The number of benzene rings is 1. The van der Waals surface area contributed by atoms with E-state index in [1.54, 1.807) is 18.3 Å². The van der Waals surface area contributed by atoms with Crippen LogP contribution in [0.15, 0.2) is 48.8 Å². The van der Waals surface area contributed by atoms with Gasteiger partial charge in [-0.15, -0.1) is 0 Å². The number of fused-ring (bicyclic) bond motifs is 2. The lowest BCUT2D eigenvalue weighted by atomic mass is 9.72. The Morgan fingerprint density at radius 2 is 1.82 bits per heavy atom. The van der Waals surface area contributed by atoms with Gasteiger partial charge in [0.15, 0.2) is 0 Å². The monoisotopic (exact) mass is 447 g/mol. The van der Waals surface area contributed by atoms with Gasteiger partial charge in [0.25, 0.3) is 5.91 Å². The third-order valence-electron chi connectivity index (χ3n) is 8.12. The molecule has 1 aromatic heterocycles. The smallest absolute Gasteiger partial charge is 0.253 e. The van der Waals surface area contributed by atoms with Crippen LogP contribution in [0.1, 0.15) is 78.9 Å². The fraction of sp³-hybridized carbons (Fsp3) is 0.519. The molecular formula is C27H33N3O3. The number of aliphatic hydroxyl groups is 1. The Balaban J connectivity index is 1.30. The fourth-order valence-electron chi connectivity index (χ4n) is 6.24. The lowest BCUT2D eigenvalue weighted by Gasteiger charge is -2.43. The predicted molar refractivity (Wildman–Crippen MR) is 126 cm³/mol. The van der Waals surface area contributed by atoms with Crippen LogP contribution in [-0.4, -0.2) is 46.0 Å². The van der Waals surface area contributed by atoms with Crippen LogP contribution < -0.4 is 5.32 Å². The first-order valence-corrected chi connectivity index (χ1v) is 12.3. The number of hydrogen-bond donors (Lipinski definition) is 2. The zero-order chi connectivity index (χ0) is 22.8. The number of carbonyl (C=O) groups is 2. The minimum Gasteiger partial charge on any atom is -0.390 e. The van der Waals surface area contributed by atoms with Crippen molar-refractivity contribution in [2.75, 3.05) is 13.1 Å². The quantitative estimate of drug-likeness (QED) is 0.748. The van der Waals surface area contributed by atoms with Gasteiger partial charge in [-0.2, -0.15) is 0 Å². The molecule has 6 nitrogen and oxygen atoms in total. The maximum atomic E-state index is 13.0. The largest absolute Gasteiger partial charge is 0.390 e. The Morgan fingerprint density at radius 3 is 2.55 bits per heavy atom. The maximum Gasteiger partial charge on any atom is 0.253 e. The molecule has 2 aromatic rings. The fourth-order valence-corrected chi connectivity index (χ4v) is 6.24. The molecule has 2 aliphatic carbocycles. The summed E-state index contributed by atoms with van der Waals surface area (Å²) >= 11 is 0. The number of nitrogens with one attached hydrogen (secondary N) is 1. The average Bonchev–Trinajstić information content (AvgIpc) is 3.08. The van der Waals surface area contributed by atoms with Gasteiger partial charge in [0.2, 0.25) is 5.91 Å². The van der Waals surface area contributed by atoms with Gasteiger partial charge in [-0.3, -0.25) is 14.6 Å². The van der Waals surface area contributed by atoms with Crippen LogP contribution in [0.5, 0.6) is 0 Å². The number of aliphatic hydroxyl groups excluding tert-OH is 1. The number of aromatic nitrogens is 1. The Labute approximate surface area is 195 Å². The molecule has 1 aromatic carbocycles. The second kappa shape index (κ2) is 9.26. The molecule has 5 rings (SSSR count). The van der Waals surface area contributed by atoms with Crippen LogP contribution in [-0.2, 0) is 10.2 Å². The molecule has 2 heterocycles. The van der Waals surface area contributed by atoms with Crippen LogP contribution in [0.25, 0.3) is 0 Å². The van der Waals surface area contributed by atoms with E-state index in [2.05, 4.69) is 16.4 Å². The van der Waals surface area contributed by atoms with Gasteiger partial charge in [0.05, 0.1) is 17.7 Å². The Morgan fingerprint density at radius 1 is 1.06 bits per heavy atom. The summed E-state index contributed by atoms with van der Waals surface area (Å²) < 4.78 is 0. The van der Waals surface area contributed by atoms with Crippen molar-refractivity contribution in [1.29, 1.82) is 0 Å². The van der Waals surface area contributed by atoms with Crippen molar-refractivity contribution >= 4 is 11.8 Å². The number of carbonyl (C=O) groups excluding carboxylic acids is 2. The molecule has 33 heavy (non-hydrogen) atoms. The highest BCUT2D eigenvalue weighted by molar-refractivity contribution is 5.94. The van der Waals surface area contributed by atoms with Gasteiger partial charge >= 0.3 is 0 Å². The zero-order valence-corrected chi connectivity index (χ0v) is 19.1. The van der Waals surface area contributed by atoms with Crippen LogP contribution in [0.4, 0.5) is 0 Å². The van der Waals surface area contributed by atoms with Crippen molar-refractivity contribution in [3.8, 4) is 0 Å². The molecule has 1 aliphatic heterocycles. The van der Waals surface area contributed by atoms with Gasteiger partial charge in [0, 0.05) is 37.3 Å². The second-order valence-electron chi connectivity index (χ2n) is 9.97. The molecule has 0 bridgehead atoms. The molecular weight excluding hydrogens is 414 g/mol. The number of rotatable bonds is 4. The Hall–Kier alpha value is -2.73. The first kappa shape index (κ1) is 22.1. The highest BCUT2D eigenvalue weighted by atomic mass is 16.3. The van der Waals surface area contributed by atoms with Crippen LogP contribution in [0.3, 0.4) is 0 Å². The van der Waals surface area contributed by atoms with Crippen LogP contribution >= 0.6 is 0 Å². The van der Waals surface area contributed by atoms with Crippen molar-refractivity contribution in [2.24, 2.45) is 5.92 Å². The number of hydrogen-bond acceptors (Lipinski definition) is 4. The van der Waals surface area contributed by atoms with Gasteiger partial charge in [-0.1, -0.05) is 43.5 Å². The van der Waals surface area contributed by atoms with E-state index < -0.39 is 17.6 Å². The Kier molecular flexibility index (Phi) is 6.19. The molecule has 1 saturated heterocycles. The highest BCUT2D eigenvalue weighted by Crippen LogP contribution is 2.51. The first-order chi connectivity index (χ1) is 16.1. The third-order valence-corrected chi connectivity index (χ3v) is 8.12. The molecule has 2 fully saturated rings. The van der Waals surface area contributed by atoms with E-state index in [4.69, 9.17) is 0 Å². The van der Waals surface area contributed by atoms with E-state index in [-0.39, 0.29) is 11.8 Å². The summed E-state index contributed by atoms with van der Waals surface area (Å²) in [6.07, 6.45) is 10.7. The molecule has 0 unspecified atom stereocenters. The summed E-state index contributed by atoms with van der Waals surface area (Å²) in [5, 5.41) is 14.6. The minimum atomic E-state index is -0.730. The van der Waals surface area contributed by atoms with E-state index >= 15 is 0 Å². The average molecular weight is 448 g/mol. The number of pyridine rings is 1. The molecule has 3 aliphatic rings. The maximum absolute atomic E-state index is 13.0. The molecule has 0 radical (unpaired) electrons. The van der Waals surface area contributed by atoms with Gasteiger partial charge in [-0.05, 0) is 54.9 Å². The molecule has 6 heteroatoms. The molecule has 2 atom stereocenters. The third kappa shape index (κ3) is 4.17. The summed E-state index contributed by atoms with van der Waals surface area (Å²) in [6, 6.07) is 11.0. The van der Waals surface area contributed by atoms with Crippen molar-refractivity contribution in [1.82, 2.24) is 15.2 Å². The Bertz CT molecular complexity index is 995. The first-order valence-electron chi connectivity index (χ1n) is 12.3. The summed E-state index contributed by atoms with van der Waals surface area (Å²) in [7, 11) is 0. The van der Waals surface area contributed by atoms with E-state index in [1.165, 1.54) is 38.3 Å². The second-order valence-corrected chi connectivity index (χ2v) is 9.97. The normalized spacial score (nSPS) is 24.5. The molecule has 2 N–H and O–H groups in total. The molecule has 1 spiro atoms. The predicted octanol–water partition coefficient (Wildman–Crippen LogP) is 3.76. The lowest BCUT2D eigenvalue weighted by molar-refractivity contribution is -0.135. The van der Waals surface area contributed by atoms with E-state index in [9.17, 15) is 14.7 Å². The van der Waals surface area contributed by atoms with E-state index in [0.29, 0.717) is 43.8 Å². The molecule has 2 amide bonds. The van der Waals surface area contributed by atoms with Gasteiger partial charge < -0.3 is 15.3 Å². The minimum absolute atomic E-state index is 0.237. The topological polar surface area (TPSA) is 82.5 Å². The number of amides is 2. The van der Waals surface area contributed by atoms with Crippen molar-refractivity contribution in [3.63, 3.8) is 0 Å². The summed E-state index contributed by atoms with van der Waals surface area (Å²) in [4.78, 5) is 31.8. The number of piperidine rings is 1. The summed E-state index contributed by atoms with van der Waals surface area (Å²) in [6.45, 7) is 1.31. The van der Waals surface area contributed by atoms with E-state index in [0.717, 1.165) is 11.1 Å². The van der Waals surface area contributed by atoms with Gasteiger partial charge in [-0.25, -0.2) is 0 Å². The summed E-state index contributed by atoms with van der Waals surface area (Å²) in [5.74, 6) is 0.560. The lowest BCUT2D eigenvalue weighted by Crippen LogP contribution is -2.51. The summed E-state index contributed by atoms with van der Waals surface area (Å²) in [5.41, 5.74) is 2.12. The number of likely N-dealkylation sites (tertiary alicyclic amines) is 1. The van der Waals surface area contributed by atoms with Crippen molar-refractivity contribution in [2.45, 2.75) is 68.9 Å². The molecule has 1 saturated carbocycles. The van der Waals surface area contributed by atoms with Crippen LogP contribution in [0.2, 0.25) is 0 Å². The zero-order valence-electron chi connectivity index (χ0n) is 19.1. The van der Waals surface area contributed by atoms with Crippen molar-refractivity contribution < 1.29 is 14.7 Å². The molecule has 174 valence electrons. The standard InChI is InChI=1S/C27H33N3O3/c31-23(17-19-7-2-1-3-8-19)30-15-12-27(13-16-30)22-11-5-4-10-21(22)24(25(27)32)29-26(33)20-9-6-14-28-18-20/h4-6,9-11,14,18-19,24-25,32H,1-3,7-8,12-13,15-17H2,(H,29,33)/t24-,25+/m0/s1. The highest BCUT2D eigenvalue weighted by Gasteiger charge is 2.53. The van der Waals surface area contributed by atoms with Gasteiger partial charge in [0.1, 0.15) is 0 Å². The van der Waals surface area contributed by atoms with E-state index in [1.807, 2.05) is 23.1 Å².